The summed E-state index contributed by atoms with van der Waals surface area (Å²) in [5.41, 5.74) is 2.74. The highest BCUT2D eigenvalue weighted by Gasteiger charge is 2.16. The SMILES string of the molecule is CC(=O)c1cc2cnc(NC(=O)c3ccc4cnn(C)c4c3)cc2n1COCC[Si](C)(C)C. The van der Waals surface area contributed by atoms with E-state index < -0.39 is 8.07 Å². The van der Waals surface area contributed by atoms with Gasteiger partial charge in [0.15, 0.2) is 5.78 Å². The second kappa shape index (κ2) is 8.91. The molecule has 172 valence electrons. The van der Waals surface area contributed by atoms with E-state index in [0.717, 1.165) is 27.8 Å². The predicted molar refractivity (Wildman–Crippen MR) is 133 cm³/mol. The molecule has 9 heteroatoms. The average molecular weight is 464 g/mol. The van der Waals surface area contributed by atoms with Crippen molar-refractivity contribution in [3.8, 4) is 0 Å². The van der Waals surface area contributed by atoms with E-state index in [1.807, 2.05) is 23.7 Å². The van der Waals surface area contributed by atoms with E-state index in [2.05, 4.69) is 35.0 Å². The Morgan fingerprint density at radius 2 is 1.85 bits per heavy atom. The molecule has 3 aromatic heterocycles. The van der Waals surface area contributed by atoms with Crippen molar-refractivity contribution in [3.63, 3.8) is 0 Å². The molecule has 0 unspecified atom stereocenters. The number of hydrogen-bond acceptors (Lipinski definition) is 5. The van der Waals surface area contributed by atoms with Gasteiger partial charge in [-0.2, -0.15) is 5.10 Å². The molecule has 0 spiro atoms. The van der Waals surface area contributed by atoms with Gasteiger partial charge in [-0.3, -0.25) is 14.3 Å². The minimum atomic E-state index is -1.21. The maximum Gasteiger partial charge on any atom is 0.256 e. The van der Waals surface area contributed by atoms with Crippen LogP contribution in [-0.4, -0.2) is 45.7 Å². The molecule has 4 aromatic rings. The molecule has 4 rings (SSSR count). The summed E-state index contributed by atoms with van der Waals surface area (Å²) in [5.74, 6) is 0.102. The van der Waals surface area contributed by atoms with Crippen LogP contribution in [-0.2, 0) is 18.5 Å². The molecule has 0 aliphatic heterocycles. The van der Waals surface area contributed by atoms with Crippen LogP contribution in [0.3, 0.4) is 0 Å². The second-order valence-corrected chi connectivity index (χ2v) is 15.1. The van der Waals surface area contributed by atoms with E-state index >= 15 is 0 Å². The van der Waals surface area contributed by atoms with Gasteiger partial charge in [0.25, 0.3) is 5.91 Å². The van der Waals surface area contributed by atoms with Crippen molar-refractivity contribution >= 4 is 47.4 Å². The van der Waals surface area contributed by atoms with Gasteiger partial charge in [0, 0.05) is 57.3 Å². The van der Waals surface area contributed by atoms with Crippen molar-refractivity contribution in [1.82, 2.24) is 19.3 Å². The zero-order valence-electron chi connectivity index (χ0n) is 19.7. The normalized spacial score (nSPS) is 11.9. The van der Waals surface area contributed by atoms with E-state index in [4.69, 9.17) is 4.74 Å². The smallest absolute Gasteiger partial charge is 0.256 e. The van der Waals surface area contributed by atoms with Crippen LogP contribution in [0.25, 0.3) is 21.8 Å². The quantitative estimate of drug-likeness (QED) is 0.233. The van der Waals surface area contributed by atoms with Crippen LogP contribution < -0.4 is 5.32 Å². The molecule has 1 amide bonds. The summed E-state index contributed by atoms with van der Waals surface area (Å²) in [6.45, 7) is 9.37. The van der Waals surface area contributed by atoms with Crippen molar-refractivity contribution in [3.05, 3.63) is 54.0 Å². The number of amides is 1. The van der Waals surface area contributed by atoms with E-state index in [9.17, 15) is 9.59 Å². The summed E-state index contributed by atoms with van der Waals surface area (Å²) < 4.78 is 9.50. The lowest BCUT2D eigenvalue weighted by atomic mass is 10.1. The van der Waals surface area contributed by atoms with Gasteiger partial charge in [-0.15, -0.1) is 0 Å². The third-order valence-corrected chi connectivity index (χ3v) is 7.32. The van der Waals surface area contributed by atoms with E-state index in [0.29, 0.717) is 23.7 Å². The molecule has 8 nitrogen and oxygen atoms in total. The number of ketones is 1. The fourth-order valence-electron chi connectivity index (χ4n) is 3.66. The van der Waals surface area contributed by atoms with Gasteiger partial charge < -0.3 is 14.6 Å². The number of nitrogens with zero attached hydrogens (tertiary/aromatic N) is 4. The number of Topliss-reactive ketones (excluding diaryl/α,β-unsaturated/α-hetero) is 1. The predicted octanol–water partition coefficient (Wildman–Crippen LogP) is 4.69. The Labute approximate surface area is 193 Å². The monoisotopic (exact) mass is 463 g/mol. The van der Waals surface area contributed by atoms with E-state index in [-0.39, 0.29) is 18.4 Å². The number of pyridine rings is 1. The molecule has 0 radical (unpaired) electrons. The maximum atomic E-state index is 12.9. The summed E-state index contributed by atoms with van der Waals surface area (Å²) in [6.07, 6.45) is 3.43. The lowest BCUT2D eigenvalue weighted by molar-refractivity contribution is 0.0835. The Morgan fingerprint density at radius 3 is 2.58 bits per heavy atom. The Hall–Kier alpha value is -3.30. The number of anilines is 1. The molecular formula is C24H29N5O3Si. The molecule has 0 saturated carbocycles. The van der Waals surface area contributed by atoms with Crippen molar-refractivity contribution < 1.29 is 14.3 Å². The molecule has 3 heterocycles. The van der Waals surface area contributed by atoms with Crippen LogP contribution >= 0.6 is 0 Å². The lowest BCUT2D eigenvalue weighted by Crippen LogP contribution is -2.22. The largest absolute Gasteiger partial charge is 0.361 e. The van der Waals surface area contributed by atoms with Crippen molar-refractivity contribution in [2.75, 3.05) is 11.9 Å². The van der Waals surface area contributed by atoms with Gasteiger partial charge in [-0.1, -0.05) is 25.7 Å². The number of nitrogens with one attached hydrogen (secondary N) is 1. The molecule has 0 fully saturated rings. The van der Waals surface area contributed by atoms with Crippen LogP contribution in [0.1, 0.15) is 27.8 Å². The summed E-state index contributed by atoms with van der Waals surface area (Å²) >= 11 is 0. The van der Waals surface area contributed by atoms with Crippen LogP contribution in [0.15, 0.2) is 42.7 Å². The summed E-state index contributed by atoms with van der Waals surface area (Å²) in [6, 6.07) is 10.1. The topological polar surface area (TPSA) is 91.0 Å². The zero-order chi connectivity index (χ0) is 23.8. The Bertz CT molecular complexity index is 1350. The maximum absolute atomic E-state index is 12.9. The highest BCUT2D eigenvalue weighted by molar-refractivity contribution is 6.76. The number of ether oxygens (including phenoxy) is 1. The van der Waals surface area contributed by atoms with Gasteiger partial charge in [0.05, 0.1) is 22.9 Å². The van der Waals surface area contributed by atoms with Gasteiger partial charge in [0.1, 0.15) is 12.5 Å². The molecule has 33 heavy (non-hydrogen) atoms. The Morgan fingerprint density at radius 1 is 1.06 bits per heavy atom. The third kappa shape index (κ3) is 5.04. The molecule has 0 bridgehead atoms. The van der Waals surface area contributed by atoms with Crippen LogP contribution in [0.5, 0.6) is 0 Å². The average Bonchev–Trinajstić information content (AvgIpc) is 3.30. The van der Waals surface area contributed by atoms with E-state index in [1.165, 1.54) is 6.92 Å². The number of hydrogen-bond donors (Lipinski definition) is 1. The van der Waals surface area contributed by atoms with Gasteiger partial charge in [0.2, 0.25) is 0 Å². The van der Waals surface area contributed by atoms with E-state index in [1.54, 1.807) is 35.3 Å². The summed E-state index contributed by atoms with van der Waals surface area (Å²) in [5, 5.41) is 8.88. The van der Waals surface area contributed by atoms with Crippen molar-refractivity contribution in [2.45, 2.75) is 39.3 Å². The minimum Gasteiger partial charge on any atom is -0.361 e. The first-order chi connectivity index (χ1) is 15.6. The van der Waals surface area contributed by atoms with Crippen LogP contribution in [0, 0.1) is 0 Å². The van der Waals surface area contributed by atoms with Crippen LogP contribution in [0.2, 0.25) is 25.7 Å². The molecule has 1 N–H and O–H groups in total. The molecular weight excluding hydrogens is 434 g/mol. The summed E-state index contributed by atoms with van der Waals surface area (Å²) in [7, 11) is 0.631. The number of benzene rings is 1. The third-order valence-electron chi connectivity index (χ3n) is 5.62. The summed E-state index contributed by atoms with van der Waals surface area (Å²) in [4.78, 5) is 29.5. The fourth-order valence-corrected chi connectivity index (χ4v) is 4.42. The molecule has 0 aliphatic carbocycles. The first-order valence-corrected chi connectivity index (χ1v) is 14.6. The standard InChI is InChI=1S/C24H29N5O3Si/c1-16(30)20-11-19-13-25-23(12-22(19)29(20)15-32-8-9-33(3,4)5)27-24(31)17-6-7-18-14-26-28(2)21(18)10-17/h6-7,10-14H,8-9,15H2,1-5H3,(H,25,27,31). The van der Waals surface area contributed by atoms with Crippen molar-refractivity contribution in [2.24, 2.45) is 7.05 Å². The number of fused-ring (bicyclic) bond motifs is 2. The first kappa shape index (κ1) is 22.9. The zero-order valence-corrected chi connectivity index (χ0v) is 20.7. The lowest BCUT2D eigenvalue weighted by Gasteiger charge is -2.16. The number of rotatable bonds is 8. The first-order valence-electron chi connectivity index (χ1n) is 10.9. The molecule has 0 aliphatic rings. The fraction of sp³-hybridized carbons (Fsp3) is 0.333. The number of carbonyl (C=O) groups is 2. The van der Waals surface area contributed by atoms with Crippen LogP contribution in [0.4, 0.5) is 5.82 Å². The second-order valence-electron chi connectivity index (χ2n) is 9.49. The molecule has 0 atom stereocenters. The number of aryl methyl sites for hydroxylation is 1. The Balaban J connectivity index is 1.58. The molecule has 0 saturated heterocycles. The van der Waals surface area contributed by atoms with Gasteiger partial charge in [-0.25, -0.2) is 4.98 Å². The highest BCUT2D eigenvalue weighted by atomic mass is 28.3. The Kier molecular flexibility index (Phi) is 6.18. The van der Waals surface area contributed by atoms with Gasteiger partial charge in [-0.05, 0) is 24.2 Å². The minimum absolute atomic E-state index is 0.0462. The highest BCUT2D eigenvalue weighted by Crippen LogP contribution is 2.24. The van der Waals surface area contributed by atoms with Gasteiger partial charge >= 0.3 is 0 Å². The molecule has 1 aromatic carbocycles. The number of carbonyl (C=O) groups excluding carboxylic acids is 2. The number of aromatic nitrogens is 4. The van der Waals surface area contributed by atoms with Crippen molar-refractivity contribution in [1.29, 1.82) is 0 Å².